The first-order chi connectivity index (χ1) is 12.7. The maximum absolute atomic E-state index is 13.0. The molecule has 28 heavy (non-hydrogen) atoms. The summed E-state index contributed by atoms with van der Waals surface area (Å²) in [6.07, 6.45) is -3.20. The van der Waals surface area contributed by atoms with Crippen molar-refractivity contribution in [3.05, 3.63) is 47.5 Å². The van der Waals surface area contributed by atoms with Crippen molar-refractivity contribution in [3.8, 4) is 5.75 Å². The van der Waals surface area contributed by atoms with Gasteiger partial charge in [-0.25, -0.2) is 4.39 Å². The van der Waals surface area contributed by atoms with E-state index >= 15 is 0 Å². The third-order valence-electron chi connectivity index (χ3n) is 3.69. The lowest BCUT2D eigenvalue weighted by molar-refractivity contribution is -0.142. The van der Waals surface area contributed by atoms with Crippen LogP contribution in [-0.2, 0) is 19.8 Å². The fourth-order valence-corrected chi connectivity index (χ4v) is 2.40. The number of guanidine groups is 1. The van der Waals surface area contributed by atoms with Crippen LogP contribution in [0.1, 0.15) is 11.3 Å². The Kier molecular flexibility index (Phi) is 8.98. The Morgan fingerprint density at radius 3 is 2.50 bits per heavy atom. The first-order valence-corrected chi connectivity index (χ1v) is 8.10. The number of aromatic nitrogens is 2. The Morgan fingerprint density at radius 1 is 1.29 bits per heavy atom. The van der Waals surface area contributed by atoms with E-state index in [0.717, 1.165) is 4.68 Å². The number of nitrogens with one attached hydrogen (secondary N) is 1. The van der Waals surface area contributed by atoms with Gasteiger partial charge in [-0.1, -0.05) is 0 Å². The van der Waals surface area contributed by atoms with E-state index < -0.39 is 11.9 Å². The second-order valence-electron chi connectivity index (χ2n) is 5.80. The molecule has 2 rings (SSSR count). The van der Waals surface area contributed by atoms with Crippen LogP contribution in [0.3, 0.4) is 0 Å². The summed E-state index contributed by atoms with van der Waals surface area (Å²) in [7, 11) is 4.71. The molecular weight excluding hydrogens is 493 g/mol. The van der Waals surface area contributed by atoms with E-state index in [0.29, 0.717) is 24.9 Å². The maximum atomic E-state index is 13.0. The minimum atomic E-state index is -4.52. The number of alkyl halides is 3. The van der Waals surface area contributed by atoms with Gasteiger partial charge in [-0.2, -0.15) is 18.3 Å². The highest BCUT2D eigenvalue weighted by Crippen LogP contribution is 2.30. The van der Waals surface area contributed by atoms with Crippen molar-refractivity contribution < 1.29 is 22.3 Å². The molecule has 0 saturated carbocycles. The summed E-state index contributed by atoms with van der Waals surface area (Å²) in [6, 6.07) is 5.63. The summed E-state index contributed by atoms with van der Waals surface area (Å²) in [5.74, 6) is 0.588. The van der Waals surface area contributed by atoms with E-state index in [1.54, 1.807) is 11.9 Å². The van der Waals surface area contributed by atoms with Gasteiger partial charge in [-0.15, -0.1) is 24.0 Å². The molecule has 0 fully saturated rings. The maximum Gasteiger partial charge on any atom is 0.435 e. The van der Waals surface area contributed by atoms with Crippen molar-refractivity contribution in [1.82, 2.24) is 20.0 Å². The zero-order valence-electron chi connectivity index (χ0n) is 15.6. The van der Waals surface area contributed by atoms with E-state index in [-0.39, 0.29) is 41.9 Å². The van der Waals surface area contributed by atoms with E-state index in [1.807, 2.05) is 0 Å². The lowest BCUT2D eigenvalue weighted by Gasteiger charge is -2.22. The molecule has 1 aromatic carbocycles. The SMILES string of the molecule is CN=C(NCc1cn(C)nc1C(F)(F)F)N(C)CCOc1ccc(F)cc1.I. The van der Waals surface area contributed by atoms with Gasteiger partial charge in [0, 0.05) is 39.4 Å². The number of nitrogens with zero attached hydrogens (tertiary/aromatic N) is 4. The molecule has 11 heteroatoms. The Bertz CT molecular complexity index is 777. The van der Waals surface area contributed by atoms with Gasteiger partial charge in [0.05, 0.1) is 6.54 Å². The molecule has 2 aromatic rings. The average Bonchev–Trinajstić information content (AvgIpc) is 2.98. The highest BCUT2D eigenvalue weighted by molar-refractivity contribution is 14.0. The van der Waals surface area contributed by atoms with Crippen molar-refractivity contribution in [2.75, 3.05) is 27.2 Å². The zero-order valence-corrected chi connectivity index (χ0v) is 18.0. The normalized spacial score (nSPS) is 11.8. The molecule has 0 bridgehead atoms. The average molecular weight is 515 g/mol. The van der Waals surface area contributed by atoms with E-state index in [1.165, 1.54) is 44.6 Å². The number of rotatable bonds is 6. The van der Waals surface area contributed by atoms with Gasteiger partial charge in [-0.05, 0) is 24.3 Å². The fourth-order valence-electron chi connectivity index (χ4n) is 2.40. The lowest BCUT2D eigenvalue weighted by Crippen LogP contribution is -2.40. The van der Waals surface area contributed by atoms with Gasteiger partial charge in [-0.3, -0.25) is 9.67 Å². The van der Waals surface area contributed by atoms with Crippen molar-refractivity contribution in [1.29, 1.82) is 0 Å². The molecule has 0 unspecified atom stereocenters. The Labute approximate surface area is 177 Å². The standard InChI is InChI=1S/C17H21F4N5O.HI/c1-22-16(23-10-12-11-26(3)24-15(12)17(19,20)21)25(2)8-9-27-14-6-4-13(18)5-7-14;/h4-7,11H,8-10H2,1-3H3,(H,22,23);1H. The lowest BCUT2D eigenvalue weighted by atomic mass is 10.2. The molecule has 0 amide bonds. The first-order valence-electron chi connectivity index (χ1n) is 8.10. The van der Waals surface area contributed by atoms with Crippen LogP contribution in [0, 0.1) is 5.82 Å². The van der Waals surface area contributed by atoms with Crippen LogP contribution in [-0.4, -0.2) is 47.9 Å². The number of aliphatic imine (C=N–C) groups is 1. The minimum absolute atomic E-state index is 0. The monoisotopic (exact) mass is 515 g/mol. The van der Waals surface area contributed by atoms with Crippen molar-refractivity contribution in [3.63, 3.8) is 0 Å². The molecule has 1 heterocycles. The largest absolute Gasteiger partial charge is 0.492 e. The minimum Gasteiger partial charge on any atom is -0.492 e. The van der Waals surface area contributed by atoms with Crippen molar-refractivity contribution in [2.24, 2.45) is 12.0 Å². The van der Waals surface area contributed by atoms with Gasteiger partial charge in [0.25, 0.3) is 0 Å². The summed E-state index contributed by atoms with van der Waals surface area (Å²) >= 11 is 0. The van der Waals surface area contributed by atoms with Crippen LogP contribution < -0.4 is 10.1 Å². The van der Waals surface area contributed by atoms with Crippen molar-refractivity contribution >= 4 is 29.9 Å². The molecule has 6 nitrogen and oxygen atoms in total. The summed E-state index contributed by atoms with van der Waals surface area (Å²) in [6.45, 7) is 0.651. The van der Waals surface area contributed by atoms with Gasteiger partial charge in [0.2, 0.25) is 0 Å². The molecule has 1 aromatic heterocycles. The fraction of sp³-hybridized carbons (Fsp3) is 0.412. The summed E-state index contributed by atoms with van der Waals surface area (Å²) in [5, 5.41) is 6.36. The van der Waals surface area contributed by atoms with Crippen LogP contribution in [0.5, 0.6) is 5.75 Å². The highest BCUT2D eigenvalue weighted by Gasteiger charge is 2.36. The summed E-state index contributed by atoms with van der Waals surface area (Å²) in [4.78, 5) is 5.77. The van der Waals surface area contributed by atoms with E-state index in [2.05, 4.69) is 15.4 Å². The van der Waals surface area contributed by atoms with Gasteiger partial charge in [0.15, 0.2) is 11.7 Å². The number of hydrogen-bond acceptors (Lipinski definition) is 3. The van der Waals surface area contributed by atoms with E-state index in [4.69, 9.17) is 4.74 Å². The molecule has 0 aliphatic carbocycles. The summed E-state index contributed by atoms with van der Waals surface area (Å²) < 4.78 is 58.5. The summed E-state index contributed by atoms with van der Waals surface area (Å²) in [5.41, 5.74) is -0.891. The Hall–Kier alpha value is -2.05. The quantitative estimate of drug-likeness (QED) is 0.278. The molecule has 0 radical (unpaired) electrons. The molecule has 0 saturated heterocycles. The number of benzene rings is 1. The number of ether oxygens (including phenoxy) is 1. The van der Waals surface area contributed by atoms with Gasteiger partial charge < -0.3 is 15.0 Å². The van der Waals surface area contributed by atoms with Crippen LogP contribution in [0.15, 0.2) is 35.5 Å². The molecule has 0 spiro atoms. The Balaban J connectivity index is 0.00000392. The van der Waals surface area contributed by atoms with Crippen LogP contribution >= 0.6 is 24.0 Å². The second-order valence-corrected chi connectivity index (χ2v) is 5.80. The highest BCUT2D eigenvalue weighted by atomic mass is 127. The van der Waals surface area contributed by atoms with Crippen LogP contribution in [0.25, 0.3) is 0 Å². The molecule has 0 aliphatic heterocycles. The van der Waals surface area contributed by atoms with E-state index in [9.17, 15) is 17.6 Å². The van der Waals surface area contributed by atoms with Gasteiger partial charge in [0.1, 0.15) is 18.2 Å². The number of halogens is 5. The smallest absolute Gasteiger partial charge is 0.435 e. The first kappa shape index (κ1) is 24.0. The van der Waals surface area contributed by atoms with Gasteiger partial charge >= 0.3 is 6.18 Å². The third kappa shape index (κ3) is 6.84. The zero-order chi connectivity index (χ0) is 20.0. The Morgan fingerprint density at radius 2 is 1.93 bits per heavy atom. The molecule has 1 N–H and O–H groups in total. The molecule has 156 valence electrons. The molecule has 0 aliphatic rings. The molecule has 0 atom stereocenters. The topological polar surface area (TPSA) is 54.7 Å². The second kappa shape index (κ2) is 10.5. The predicted octanol–water partition coefficient (Wildman–Crippen LogP) is 3.28. The number of aryl methyl sites for hydroxylation is 1. The third-order valence-corrected chi connectivity index (χ3v) is 3.69. The number of hydrogen-bond donors (Lipinski definition) is 1. The van der Waals surface area contributed by atoms with Crippen LogP contribution in [0.2, 0.25) is 0 Å². The number of likely N-dealkylation sites (N-methyl/N-ethyl adjacent to an activating group) is 1. The predicted molar refractivity (Wildman–Crippen MR) is 108 cm³/mol. The van der Waals surface area contributed by atoms with Crippen molar-refractivity contribution in [2.45, 2.75) is 12.7 Å². The van der Waals surface area contributed by atoms with Crippen LogP contribution in [0.4, 0.5) is 17.6 Å². The molecular formula is C17H22F4IN5O.